The fraction of sp³-hybridized carbons (Fsp3) is 0.333. The highest BCUT2D eigenvalue weighted by Gasteiger charge is 2.21. The number of tetrazole rings is 1. The molecule has 1 aromatic heterocycles. The Kier molecular flexibility index (Phi) is 3.84. The van der Waals surface area contributed by atoms with E-state index in [2.05, 4.69) is 15.5 Å². The maximum absolute atomic E-state index is 13.7. The number of benzene rings is 1. The normalized spacial score (nSPS) is 12.3. The Morgan fingerprint density at radius 1 is 1.47 bits per heavy atom. The Labute approximate surface area is 108 Å². The van der Waals surface area contributed by atoms with Gasteiger partial charge < -0.3 is 5.11 Å². The summed E-state index contributed by atoms with van der Waals surface area (Å²) in [6, 6.07) is 5.72. The van der Waals surface area contributed by atoms with Crippen LogP contribution in [0.15, 0.2) is 24.3 Å². The third-order valence-corrected chi connectivity index (χ3v) is 2.83. The van der Waals surface area contributed by atoms with Crippen LogP contribution in [-0.2, 0) is 4.79 Å². The van der Waals surface area contributed by atoms with Crippen LogP contribution in [0.5, 0.6) is 0 Å². The molecule has 0 radical (unpaired) electrons. The van der Waals surface area contributed by atoms with Crippen LogP contribution in [0.4, 0.5) is 4.39 Å². The number of aromatic nitrogens is 4. The molecule has 0 bridgehead atoms. The Morgan fingerprint density at radius 2 is 2.21 bits per heavy atom. The molecule has 0 fully saturated rings. The van der Waals surface area contributed by atoms with Gasteiger partial charge in [0.2, 0.25) is 0 Å². The Morgan fingerprint density at radius 3 is 2.84 bits per heavy atom. The summed E-state index contributed by atoms with van der Waals surface area (Å²) in [6.07, 6.45) is 0.432. The fourth-order valence-electron chi connectivity index (χ4n) is 1.86. The first kappa shape index (κ1) is 13.1. The van der Waals surface area contributed by atoms with Gasteiger partial charge in [0.1, 0.15) is 5.82 Å². The van der Waals surface area contributed by atoms with E-state index in [4.69, 9.17) is 5.11 Å². The molecule has 0 aliphatic rings. The minimum atomic E-state index is -0.943. The number of halogens is 1. The third kappa shape index (κ3) is 2.75. The van der Waals surface area contributed by atoms with E-state index < -0.39 is 17.8 Å². The summed E-state index contributed by atoms with van der Waals surface area (Å²) in [5.74, 6) is -1.14. The van der Waals surface area contributed by atoms with Crippen LogP contribution >= 0.6 is 0 Å². The highest BCUT2D eigenvalue weighted by Crippen LogP contribution is 2.24. The van der Waals surface area contributed by atoms with Gasteiger partial charge in [0, 0.05) is 0 Å². The average Bonchev–Trinajstić information content (AvgIpc) is 2.85. The van der Waals surface area contributed by atoms with Gasteiger partial charge in [-0.05, 0) is 29.0 Å². The van der Waals surface area contributed by atoms with Gasteiger partial charge in [-0.25, -0.2) is 9.07 Å². The van der Waals surface area contributed by atoms with Crippen molar-refractivity contribution in [3.63, 3.8) is 0 Å². The molecule has 1 unspecified atom stereocenters. The van der Waals surface area contributed by atoms with Crippen molar-refractivity contribution in [3.8, 4) is 11.4 Å². The van der Waals surface area contributed by atoms with E-state index in [9.17, 15) is 9.18 Å². The van der Waals surface area contributed by atoms with Crippen LogP contribution in [0.25, 0.3) is 11.4 Å². The van der Waals surface area contributed by atoms with Gasteiger partial charge in [-0.2, -0.15) is 0 Å². The molecule has 0 saturated carbocycles. The molecule has 1 aromatic carbocycles. The maximum atomic E-state index is 13.7. The number of hydrogen-bond acceptors (Lipinski definition) is 4. The van der Waals surface area contributed by atoms with Gasteiger partial charge in [0.15, 0.2) is 5.82 Å². The monoisotopic (exact) mass is 264 g/mol. The lowest BCUT2D eigenvalue weighted by molar-refractivity contribution is -0.138. The van der Waals surface area contributed by atoms with E-state index in [-0.39, 0.29) is 17.8 Å². The van der Waals surface area contributed by atoms with Crippen LogP contribution < -0.4 is 0 Å². The van der Waals surface area contributed by atoms with Gasteiger partial charge in [0.05, 0.1) is 18.0 Å². The quantitative estimate of drug-likeness (QED) is 0.892. The lowest BCUT2D eigenvalue weighted by Gasteiger charge is -2.14. The van der Waals surface area contributed by atoms with Gasteiger partial charge in [-0.3, -0.25) is 4.79 Å². The van der Waals surface area contributed by atoms with Crippen molar-refractivity contribution in [2.24, 2.45) is 0 Å². The lowest BCUT2D eigenvalue weighted by Crippen LogP contribution is -2.16. The first-order valence-electron chi connectivity index (χ1n) is 5.88. The number of nitrogens with zero attached hydrogens (tertiary/aromatic N) is 4. The van der Waals surface area contributed by atoms with E-state index in [0.717, 1.165) is 0 Å². The zero-order valence-corrected chi connectivity index (χ0v) is 10.3. The van der Waals surface area contributed by atoms with Crippen molar-refractivity contribution in [1.29, 1.82) is 0 Å². The second-order valence-electron chi connectivity index (χ2n) is 4.09. The molecule has 2 aromatic rings. The Hall–Kier alpha value is -2.31. The van der Waals surface area contributed by atoms with Crippen molar-refractivity contribution < 1.29 is 14.3 Å². The van der Waals surface area contributed by atoms with Gasteiger partial charge in [0.25, 0.3) is 0 Å². The fourth-order valence-corrected chi connectivity index (χ4v) is 1.86. The maximum Gasteiger partial charge on any atom is 0.305 e. The van der Waals surface area contributed by atoms with E-state index in [0.29, 0.717) is 6.42 Å². The third-order valence-electron chi connectivity index (χ3n) is 2.83. The lowest BCUT2D eigenvalue weighted by atomic mass is 10.1. The number of carbonyl (C=O) groups is 1. The average molecular weight is 264 g/mol. The standard InChI is InChI=1S/C12H13FN4O2/c1-2-8(7-11(18)19)17-12(14-15-16-17)9-5-3-4-6-10(9)13/h3-6,8H,2,7H2,1H3,(H,18,19). The summed E-state index contributed by atoms with van der Waals surface area (Å²) in [7, 11) is 0. The highest BCUT2D eigenvalue weighted by atomic mass is 19.1. The smallest absolute Gasteiger partial charge is 0.305 e. The molecule has 100 valence electrons. The summed E-state index contributed by atoms with van der Waals surface area (Å²) in [6.45, 7) is 1.83. The molecule has 0 saturated heterocycles. The van der Waals surface area contributed by atoms with E-state index >= 15 is 0 Å². The molecule has 1 N–H and O–H groups in total. The molecule has 6 nitrogen and oxygen atoms in total. The number of rotatable bonds is 5. The molecule has 7 heteroatoms. The molecular formula is C12H13FN4O2. The molecule has 2 rings (SSSR count). The van der Waals surface area contributed by atoms with Gasteiger partial charge in [-0.15, -0.1) is 5.10 Å². The minimum absolute atomic E-state index is 0.108. The summed E-state index contributed by atoms with van der Waals surface area (Å²) in [5, 5.41) is 20.0. The molecular weight excluding hydrogens is 251 g/mol. The first-order chi connectivity index (χ1) is 9.13. The van der Waals surface area contributed by atoms with Crippen molar-refractivity contribution in [1.82, 2.24) is 20.2 Å². The summed E-state index contributed by atoms with van der Waals surface area (Å²) < 4.78 is 15.1. The summed E-state index contributed by atoms with van der Waals surface area (Å²) in [5.41, 5.74) is 0.260. The predicted molar refractivity (Wildman–Crippen MR) is 64.8 cm³/mol. The zero-order chi connectivity index (χ0) is 13.8. The Bertz CT molecular complexity index is 585. The van der Waals surface area contributed by atoms with Gasteiger partial charge in [-0.1, -0.05) is 19.1 Å². The SMILES string of the molecule is CCC(CC(=O)O)n1nnnc1-c1ccccc1F. The molecule has 0 aliphatic carbocycles. The first-order valence-corrected chi connectivity index (χ1v) is 5.88. The molecule has 1 atom stereocenters. The molecule has 0 spiro atoms. The van der Waals surface area contributed by atoms with Crippen molar-refractivity contribution in [3.05, 3.63) is 30.1 Å². The van der Waals surface area contributed by atoms with Crippen molar-refractivity contribution in [2.45, 2.75) is 25.8 Å². The predicted octanol–water partition coefficient (Wildman–Crippen LogP) is 1.90. The topological polar surface area (TPSA) is 80.9 Å². The molecule has 0 aliphatic heterocycles. The molecule has 1 heterocycles. The number of hydrogen-bond donors (Lipinski definition) is 1. The number of carboxylic acid groups (broad SMARTS) is 1. The van der Waals surface area contributed by atoms with Crippen LogP contribution in [0.3, 0.4) is 0 Å². The van der Waals surface area contributed by atoms with Crippen LogP contribution in [0.1, 0.15) is 25.8 Å². The van der Waals surface area contributed by atoms with Crippen molar-refractivity contribution in [2.75, 3.05) is 0 Å². The highest BCUT2D eigenvalue weighted by molar-refractivity contribution is 5.67. The summed E-state index contributed by atoms with van der Waals surface area (Å²) >= 11 is 0. The summed E-state index contributed by atoms with van der Waals surface area (Å²) in [4.78, 5) is 10.8. The van der Waals surface area contributed by atoms with E-state index in [1.165, 1.54) is 10.7 Å². The zero-order valence-electron chi connectivity index (χ0n) is 10.3. The largest absolute Gasteiger partial charge is 0.481 e. The van der Waals surface area contributed by atoms with Crippen molar-refractivity contribution >= 4 is 5.97 Å². The van der Waals surface area contributed by atoms with Gasteiger partial charge >= 0.3 is 5.97 Å². The second kappa shape index (κ2) is 5.55. The molecule has 19 heavy (non-hydrogen) atoms. The Balaban J connectivity index is 2.42. The number of aliphatic carboxylic acids is 1. The number of carboxylic acids is 1. The minimum Gasteiger partial charge on any atom is -0.481 e. The van der Waals surface area contributed by atoms with E-state index in [1.54, 1.807) is 18.2 Å². The van der Waals surface area contributed by atoms with E-state index in [1.807, 2.05) is 6.92 Å². The van der Waals surface area contributed by atoms with Crippen LogP contribution in [0.2, 0.25) is 0 Å². The van der Waals surface area contributed by atoms with Crippen LogP contribution in [0, 0.1) is 5.82 Å². The van der Waals surface area contributed by atoms with Crippen LogP contribution in [-0.4, -0.2) is 31.3 Å². The molecule has 0 amide bonds. The second-order valence-corrected chi connectivity index (χ2v) is 4.09.